The molecule has 3 heterocycles. The number of carbonyl (C=O) groups excluding carboxylic acids is 3. The summed E-state index contributed by atoms with van der Waals surface area (Å²) in [6, 6.07) is 8.62. The first-order valence-corrected chi connectivity index (χ1v) is 10.6. The summed E-state index contributed by atoms with van der Waals surface area (Å²) in [7, 11) is 0. The number of nitrogens with zero attached hydrogens (tertiary/aromatic N) is 2. The lowest BCUT2D eigenvalue weighted by molar-refractivity contribution is -0.142. The number of amides is 3. The number of piperidine rings is 1. The summed E-state index contributed by atoms with van der Waals surface area (Å²) in [4.78, 5) is 45.6. The molecule has 2 aliphatic heterocycles. The number of imide groups is 1. The van der Waals surface area contributed by atoms with Gasteiger partial charge in [-0.2, -0.15) is 13.2 Å². The third-order valence-corrected chi connectivity index (χ3v) is 6.42. The van der Waals surface area contributed by atoms with Gasteiger partial charge < -0.3 is 15.2 Å². The van der Waals surface area contributed by atoms with Crippen LogP contribution in [-0.4, -0.2) is 38.1 Å². The molecule has 0 aliphatic carbocycles. The van der Waals surface area contributed by atoms with Gasteiger partial charge in [0.1, 0.15) is 5.54 Å². The highest BCUT2D eigenvalue weighted by Crippen LogP contribution is 2.35. The molecule has 34 heavy (non-hydrogen) atoms. The number of halogens is 3. The summed E-state index contributed by atoms with van der Waals surface area (Å²) in [6.45, 7) is 2.22. The Balaban J connectivity index is 1.31. The van der Waals surface area contributed by atoms with E-state index in [0.717, 1.165) is 23.3 Å². The van der Waals surface area contributed by atoms with Gasteiger partial charge in [-0.3, -0.25) is 19.7 Å². The molecular weight excluding hydrogens is 451 g/mol. The molecule has 0 radical (unpaired) electrons. The van der Waals surface area contributed by atoms with Gasteiger partial charge in [0.25, 0.3) is 11.8 Å². The molecule has 1 fully saturated rings. The van der Waals surface area contributed by atoms with Gasteiger partial charge >= 0.3 is 6.18 Å². The predicted molar refractivity (Wildman–Crippen MR) is 116 cm³/mol. The van der Waals surface area contributed by atoms with Crippen molar-refractivity contribution in [1.29, 1.82) is 0 Å². The molecule has 0 saturated carbocycles. The van der Waals surface area contributed by atoms with Gasteiger partial charge in [0.05, 0.1) is 16.6 Å². The number of hydrogen-bond acceptors (Lipinski definition) is 5. The molecule has 1 unspecified atom stereocenters. The monoisotopic (exact) mass is 471 g/mol. The molecule has 0 bridgehead atoms. The van der Waals surface area contributed by atoms with Gasteiger partial charge in [0, 0.05) is 25.1 Å². The van der Waals surface area contributed by atoms with Crippen LogP contribution in [0.25, 0.3) is 11.0 Å². The third-order valence-electron chi connectivity index (χ3n) is 6.42. The van der Waals surface area contributed by atoms with Crippen LogP contribution >= 0.6 is 0 Å². The Hall–Kier alpha value is -3.89. The number of aromatic amines is 1. The summed E-state index contributed by atoms with van der Waals surface area (Å²) in [5.74, 6) is -0.770. The average molecular weight is 471 g/mol. The molecule has 11 heteroatoms. The van der Waals surface area contributed by atoms with Crippen LogP contribution in [0.3, 0.4) is 0 Å². The minimum absolute atomic E-state index is 0.166. The van der Waals surface area contributed by atoms with E-state index in [-0.39, 0.29) is 36.7 Å². The fraction of sp³-hybridized carbons (Fsp3) is 0.304. The molecule has 1 aromatic heterocycles. The van der Waals surface area contributed by atoms with E-state index in [9.17, 15) is 27.6 Å². The van der Waals surface area contributed by atoms with Crippen LogP contribution in [0.1, 0.15) is 46.8 Å². The first-order valence-electron chi connectivity index (χ1n) is 10.6. The zero-order chi connectivity index (χ0) is 24.3. The Morgan fingerprint density at radius 2 is 1.94 bits per heavy atom. The minimum Gasteiger partial charge on any atom is -0.352 e. The second kappa shape index (κ2) is 7.57. The Bertz CT molecular complexity index is 1350. The first kappa shape index (κ1) is 21.9. The van der Waals surface area contributed by atoms with Gasteiger partial charge in [-0.15, -0.1) is 0 Å². The van der Waals surface area contributed by atoms with Crippen LogP contribution < -0.4 is 10.6 Å². The fourth-order valence-electron chi connectivity index (χ4n) is 4.39. The smallest absolute Gasteiger partial charge is 0.352 e. The first-order chi connectivity index (χ1) is 16.0. The van der Waals surface area contributed by atoms with Crippen molar-refractivity contribution in [3.63, 3.8) is 0 Å². The predicted octanol–water partition coefficient (Wildman–Crippen LogP) is 3.34. The number of benzene rings is 2. The average Bonchev–Trinajstić information content (AvgIpc) is 3.34. The number of alkyl halides is 3. The summed E-state index contributed by atoms with van der Waals surface area (Å²) < 4.78 is 38.8. The lowest BCUT2D eigenvalue weighted by Crippen LogP contribution is -2.61. The van der Waals surface area contributed by atoms with E-state index in [1.165, 1.54) is 11.0 Å². The van der Waals surface area contributed by atoms with Crippen molar-refractivity contribution in [3.05, 3.63) is 58.7 Å². The van der Waals surface area contributed by atoms with Gasteiger partial charge in [-0.05, 0) is 48.7 Å². The lowest BCUT2D eigenvalue weighted by atomic mass is 9.89. The molecule has 0 spiro atoms. The number of nitrogens with one attached hydrogen (secondary N) is 3. The van der Waals surface area contributed by atoms with Crippen LogP contribution in [0.5, 0.6) is 0 Å². The number of H-pyrrole nitrogens is 1. The maximum Gasteiger partial charge on any atom is 0.416 e. The number of anilines is 1. The van der Waals surface area contributed by atoms with E-state index in [2.05, 4.69) is 20.6 Å². The molecule has 1 atom stereocenters. The second-order valence-corrected chi connectivity index (χ2v) is 8.70. The van der Waals surface area contributed by atoms with Crippen molar-refractivity contribution < 1.29 is 27.6 Å². The van der Waals surface area contributed by atoms with Gasteiger partial charge in [-0.25, -0.2) is 4.98 Å². The van der Waals surface area contributed by atoms with Crippen molar-refractivity contribution in [3.8, 4) is 0 Å². The van der Waals surface area contributed by atoms with E-state index in [0.29, 0.717) is 23.6 Å². The van der Waals surface area contributed by atoms with Crippen molar-refractivity contribution in [2.24, 2.45) is 0 Å². The highest BCUT2D eigenvalue weighted by molar-refractivity contribution is 6.07. The quantitative estimate of drug-likeness (QED) is 0.506. The molecule has 3 amide bonds. The van der Waals surface area contributed by atoms with Crippen LogP contribution in [0.4, 0.5) is 19.1 Å². The van der Waals surface area contributed by atoms with Gasteiger partial charge in [0.2, 0.25) is 11.9 Å². The van der Waals surface area contributed by atoms with Crippen molar-refractivity contribution in [1.82, 2.24) is 20.2 Å². The SMILES string of the molecule is CC1(N2Cc3cc(CNc4nc5ccc(C(F)(F)F)cc5[nH]4)ccc3C2=O)CCC(=O)NC1=O. The molecule has 5 rings (SSSR count). The maximum absolute atomic E-state index is 13.0. The Morgan fingerprint density at radius 3 is 2.68 bits per heavy atom. The molecular formula is C23H20F3N5O3. The van der Waals surface area contributed by atoms with Crippen molar-refractivity contribution >= 4 is 34.7 Å². The van der Waals surface area contributed by atoms with E-state index in [1.54, 1.807) is 19.1 Å². The Labute approximate surface area is 191 Å². The summed E-state index contributed by atoms with van der Waals surface area (Å²) in [5.41, 5.74) is 0.901. The number of fused-ring (bicyclic) bond motifs is 2. The minimum atomic E-state index is -4.44. The largest absolute Gasteiger partial charge is 0.416 e. The van der Waals surface area contributed by atoms with Crippen molar-refractivity contribution in [2.75, 3.05) is 5.32 Å². The highest BCUT2D eigenvalue weighted by atomic mass is 19.4. The highest BCUT2D eigenvalue weighted by Gasteiger charge is 2.48. The lowest BCUT2D eigenvalue weighted by Gasteiger charge is -2.39. The normalized spacial score (nSPS) is 20.6. The van der Waals surface area contributed by atoms with E-state index < -0.39 is 23.2 Å². The molecule has 3 N–H and O–H groups in total. The maximum atomic E-state index is 13.0. The molecule has 3 aromatic rings. The third kappa shape index (κ3) is 3.66. The molecule has 1 saturated heterocycles. The van der Waals surface area contributed by atoms with Gasteiger partial charge in [-0.1, -0.05) is 12.1 Å². The molecule has 176 valence electrons. The van der Waals surface area contributed by atoms with Crippen LogP contribution in [0.15, 0.2) is 36.4 Å². The second-order valence-electron chi connectivity index (χ2n) is 8.70. The van der Waals surface area contributed by atoms with Crippen molar-refractivity contribution in [2.45, 2.75) is 44.6 Å². The van der Waals surface area contributed by atoms with Gasteiger partial charge in [0.15, 0.2) is 0 Å². The van der Waals surface area contributed by atoms with Crippen LogP contribution in [-0.2, 0) is 28.9 Å². The summed E-state index contributed by atoms with van der Waals surface area (Å²) >= 11 is 0. The topological polar surface area (TPSA) is 107 Å². The molecule has 2 aliphatic rings. The summed E-state index contributed by atoms with van der Waals surface area (Å²) in [6.07, 6.45) is -4.01. The Morgan fingerprint density at radius 1 is 1.15 bits per heavy atom. The van der Waals surface area contributed by atoms with Crippen LogP contribution in [0.2, 0.25) is 0 Å². The Kier molecular flexibility index (Phi) is 4.88. The molecule has 2 aromatic carbocycles. The standard InChI is InChI=1S/C23H20F3N5O3/c1-22(7-6-18(32)30-20(22)34)31-11-13-8-12(2-4-15(13)19(31)33)10-27-21-28-16-5-3-14(23(24,25)26)9-17(16)29-21/h2-5,8-9H,6-7,10-11H2,1H3,(H2,27,28,29)(H,30,32,34). The number of hydrogen-bond donors (Lipinski definition) is 3. The number of carbonyl (C=O) groups is 3. The number of rotatable bonds is 4. The van der Waals surface area contributed by atoms with E-state index >= 15 is 0 Å². The summed E-state index contributed by atoms with van der Waals surface area (Å²) in [5, 5.41) is 5.37. The zero-order valence-corrected chi connectivity index (χ0v) is 18.0. The molecule has 8 nitrogen and oxygen atoms in total. The van der Waals surface area contributed by atoms with Crippen LogP contribution in [0, 0.1) is 0 Å². The number of imidazole rings is 1. The van der Waals surface area contributed by atoms with E-state index in [4.69, 9.17) is 0 Å². The fourth-order valence-corrected chi connectivity index (χ4v) is 4.39. The number of aromatic nitrogens is 2. The zero-order valence-electron chi connectivity index (χ0n) is 18.0. The van der Waals surface area contributed by atoms with E-state index in [1.807, 2.05) is 6.07 Å².